The Morgan fingerprint density at radius 2 is 2.30 bits per heavy atom. The second-order valence-electron chi connectivity index (χ2n) is 6.18. The SMILES string of the molecule is N#C[C@@H]1CCCN(c2nc3ccnc(NC(=O)C4CC4)c3s2)C1. The van der Waals surface area contributed by atoms with Crippen molar-refractivity contribution in [2.24, 2.45) is 11.8 Å². The van der Waals surface area contributed by atoms with E-state index < -0.39 is 0 Å². The average Bonchev–Trinajstić information content (AvgIpc) is 3.34. The van der Waals surface area contributed by atoms with Crippen LogP contribution in [0.15, 0.2) is 12.3 Å². The van der Waals surface area contributed by atoms with Crippen molar-refractivity contribution in [1.29, 1.82) is 5.26 Å². The summed E-state index contributed by atoms with van der Waals surface area (Å²) in [5.41, 5.74) is 0.852. The van der Waals surface area contributed by atoms with Crippen LogP contribution >= 0.6 is 11.3 Å². The number of carbonyl (C=O) groups is 1. The molecule has 1 atom stereocenters. The van der Waals surface area contributed by atoms with E-state index in [1.165, 1.54) is 0 Å². The fraction of sp³-hybridized carbons (Fsp3) is 0.500. The van der Waals surface area contributed by atoms with E-state index in [4.69, 9.17) is 5.26 Å². The zero-order valence-corrected chi connectivity index (χ0v) is 13.5. The number of hydrogen-bond acceptors (Lipinski definition) is 6. The lowest BCUT2D eigenvalue weighted by Gasteiger charge is -2.28. The van der Waals surface area contributed by atoms with Crippen LogP contribution < -0.4 is 10.2 Å². The van der Waals surface area contributed by atoms with E-state index in [0.29, 0.717) is 5.82 Å². The number of nitrogens with zero attached hydrogens (tertiary/aromatic N) is 4. The third-order valence-corrected chi connectivity index (χ3v) is 5.50. The van der Waals surface area contributed by atoms with E-state index in [9.17, 15) is 4.79 Å². The first-order chi connectivity index (χ1) is 11.2. The zero-order chi connectivity index (χ0) is 15.8. The van der Waals surface area contributed by atoms with Crippen molar-refractivity contribution in [3.8, 4) is 6.07 Å². The number of nitrogens with one attached hydrogen (secondary N) is 1. The largest absolute Gasteiger partial charge is 0.347 e. The molecule has 0 radical (unpaired) electrons. The van der Waals surface area contributed by atoms with Gasteiger partial charge in [-0.2, -0.15) is 5.26 Å². The number of thiazole rings is 1. The van der Waals surface area contributed by atoms with Crippen molar-refractivity contribution in [1.82, 2.24) is 9.97 Å². The minimum Gasteiger partial charge on any atom is -0.347 e. The minimum absolute atomic E-state index is 0.0578. The van der Waals surface area contributed by atoms with Gasteiger partial charge in [0.25, 0.3) is 0 Å². The van der Waals surface area contributed by atoms with Gasteiger partial charge in [-0.3, -0.25) is 4.79 Å². The second-order valence-corrected chi connectivity index (χ2v) is 7.16. The number of nitriles is 1. The van der Waals surface area contributed by atoms with Gasteiger partial charge in [-0.05, 0) is 31.7 Å². The van der Waals surface area contributed by atoms with Gasteiger partial charge in [-0.25, -0.2) is 9.97 Å². The highest BCUT2D eigenvalue weighted by Crippen LogP contribution is 2.36. The first kappa shape index (κ1) is 14.4. The summed E-state index contributed by atoms with van der Waals surface area (Å²) in [4.78, 5) is 23.2. The number of aromatic nitrogens is 2. The van der Waals surface area contributed by atoms with Crippen molar-refractivity contribution in [3.05, 3.63) is 12.3 Å². The lowest BCUT2D eigenvalue weighted by molar-refractivity contribution is -0.117. The van der Waals surface area contributed by atoms with Crippen molar-refractivity contribution in [2.75, 3.05) is 23.3 Å². The van der Waals surface area contributed by atoms with Crippen LogP contribution in [0, 0.1) is 23.2 Å². The van der Waals surface area contributed by atoms with Gasteiger partial charge in [-0.1, -0.05) is 11.3 Å². The Bertz CT molecular complexity index is 791. The van der Waals surface area contributed by atoms with Gasteiger partial charge in [-0.15, -0.1) is 0 Å². The highest BCUT2D eigenvalue weighted by Gasteiger charge is 2.30. The number of pyridine rings is 1. The maximum absolute atomic E-state index is 12.0. The molecular weight excluding hydrogens is 310 g/mol. The van der Waals surface area contributed by atoms with Gasteiger partial charge in [0.15, 0.2) is 10.9 Å². The molecule has 7 heteroatoms. The van der Waals surface area contributed by atoms with E-state index in [1.807, 2.05) is 6.07 Å². The normalized spacial score (nSPS) is 21.2. The number of amides is 1. The molecule has 0 spiro atoms. The topological polar surface area (TPSA) is 81.9 Å². The van der Waals surface area contributed by atoms with Crippen LogP contribution in [0.25, 0.3) is 10.2 Å². The maximum atomic E-state index is 12.0. The molecule has 2 aromatic heterocycles. The average molecular weight is 327 g/mol. The summed E-state index contributed by atoms with van der Waals surface area (Å²) in [6.45, 7) is 1.66. The Balaban J connectivity index is 1.62. The Morgan fingerprint density at radius 1 is 1.43 bits per heavy atom. The fourth-order valence-corrected chi connectivity index (χ4v) is 3.93. The van der Waals surface area contributed by atoms with Crippen LogP contribution in [0.5, 0.6) is 0 Å². The van der Waals surface area contributed by atoms with Crippen LogP contribution in [0.4, 0.5) is 10.9 Å². The van der Waals surface area contributed by atoms with Gasteiger partial charge in [0.05, 0.1) is 22.2 Å². The summed E-state index contributed by atoms with van der Waals surface area (Å²) in [6.07, 6.45) is 5.60. The highest BCUT2D eigenvalue weighted by molar-refractivity contribution is 7.22. The van der Waals surface area contributed by atoms with Crippen molar-refractivity contribution >= 4 is 38.4 Å². The summed E-state index contributed by atoms with van der Waals surface area (Å²) >= 11 is 1.55. The second kappa shape index (κ2) is 5.78. The quantitative estimate of drug-likeness (QED) is 0.937. The Labute approximate surface area is 138 Å². The summed E-state index contributed by atoms with van der Waals surface area (Å²) in [7, 11) is 0. The van der Waals surface area contributed by atoms with Gasteiger partial charge in [0.2, 0.25) is 5.91 Å². The first-order valence-corrected chi connectivity index (χ1v) is 8.77. The van der Waals surface area contributed by atoms with Crippen LogP contribution in [-0.2, 0) is 4.79 Å². The molecule has 2 fully saturated rings. The van der Waals surface area contributed by atoms with Crippen LogP contribution in [0.2, 0.25) is 0 Å². The number of carbonyl (C=O) groups excluding carboxylic acids is 1. The molecule has 1 amide bonds. The minimum atomic E-state index is 0.0578. The monoisotopic (exact) mass is 327 g/mol. The van der Waals surface area contributed by atoms with E-state index >= 15 is 0 Å². The Hall–Kier alpha value is -2.20. The number of anilines is 2. The molecule has 1 aliphatic carbocycles. The van der Waals surface area contributed by atoms with E-state index in [2.05, 4.69) is 26.3 Å². The molecule has 118 valence electrons. The maximum Gasteiger partial charge on any atom is 0.228 e. The predicted molar refractivity (Wildman–Crippen MR) is 89.3 cm³/mol. The summed E-state index contributed by atoms with van der Waals surface area (Å²) in [5, 5.41) is 13.0. The zero-order valence-electron chi connectivity index (χ0n) is 12.7. The molecule has 2 aromatic rings. The number of fused-ring (bicyclic) bond motifs is 1. The molecule has 1 aliphatic heterocycles. The van der Waals surface area contributed by atoms with Crippen molar-refractivity contribution in [3.63, 3.8) is 0 Å². The van der Waals surface area contributed by atoms with Crippen molar-refractivity contribution in [2.45, 2.75) is 25.7 Å². The summed E-state index contributed by atoms with van der Waals surface area (Å²) in [5.74, 6) is 0.889. The molecule has 1 saturated carbocycles. The Kier molecular flexibility index (Phi) is 3.62. The third-order valence-electron chi connectivity index (χ3n) is 4.36. The van der Waals surface area contributed by atoms with Crippen LogP contribution in [0.3, 0.4) is 0 Å². The van der Waals surface area contributed by atoms with Gasteiger partial charge < -0.3 is 10.2 Å². The van der Waals surface area contributed by atoms with E-state index in [0.717, 1.165) is 54.1 Å². The molecule has 3 heterocycles. The number of piperidine rings is 1. The Morgan fingerprint density at radius 3 is 3.09 bits per heavy atom. The van der Waals surface area contributed by atoms with Crippen molar-refractivity contribution < 1.29 is 4.79 Å². The predicted octanol–water partition coefficient (Wildman–Crippen LogP) is 2.78. The molecular formula is C16H17N5OS. The highest BCUT2D eigenvalue weighted by atomic mass is 32.1. The van der Waals surface area contributed by atoms with Crippen LogP contribution in [-0.4, -0.2) is 29.0 Å². The van der Waals surface area contributed by atoms with Gasteiger partial charge >= 0.3 is 0 Å². The lowest BCUT2D eigenvalue weighted by Crippen LogP contribution is -2.34. The number of hydrogen-bond donors (Lipinski definition) is 1. The van der Waals surface area contributed by atoms with Gasteiger partial charge in [0.1, 0.15) is 0 Å². The standard InChI is InChI=1S/C16H17N5OS/c17-8-10-2-1-7-21(9-10)16-19-12-5-6-18-14(13(12)23-16)20-15(22)11-3-4-11/h5-6,10-11H,1-4,7,9H2,(H,18,20,22)/t10-/m0/s1. The molecule has 23 heavy (non-hydrogen) atoms. The van der Waals surface area contributed by atoms with E-state index in [1.54, 1.807) is 17.5 Å². The molecule has 2 aliphatic rings. The van der Waals surface area contributed by atoms with Crippen LogP contribution in [0.1, 0.15) is 25.7 Å². The molecule has 0 aromatic carbocycles. The summed E-state index contributed by atoms with van der Waals surface area (Å²) in [6, 6.07) is 4.23. The molecule has 1 N–H and O–H groups in total. The van der Waals surface area contributed by atoms with Gasteiger partial charge in [0, 0.05) is 25.2 Å². The smallest absolute Gasteiger partial charge is 0.228 e. The lowest BCUT2D eigenvalue weighted by atomic mass is 10.0. The number of rotatable bonds is 3. The fourth-order valence-electron chi connectivity index (χ4n) is 2.89. The molecule has 6 nitrogen and oxygen atoms in total. The molecule has 0 unspecified atom stereocenters. The first-order valence-electron chi connectivity index (χ1n) is 7.95. The molecule has 4 rings (SSSR count). The molecule has 1 saturated heterocycles. The summed E-state index contributed by atoms with van der Waals surface area (Å²) < 4.78 is 0.913. The van der Waals surface area contributed by atoms with E-state index in [-0.39, 0.29) is 17.7 Å². The third kappa shape index (κ3) is 2.86. The molecule has 0 bridgehead atoms.